The first kappa shape index (κ1) is 16.0. The molecular weight excluding hydrogens is 262 g/mol. The van der Waals surface area contributed by atoms with Crippen molar-refractivity contribution in [1.29, 1.82) is 0 Å². The molecule has 0 saturated heterocycles. The first-order chi connectivity index (χ1) is 9.35. The average Bonchev–Trinajstić information content (AvgIpc) is 2.81. The normalized spacial score (nSPS) is 13.6. The van der Waals surface area contributed by atoms with Gasteiger partial charge in [0.2, 0.25) is 5.89 Å². The topological polar surface area (TPSA) is 95.7 Å². The number of carbonyl (C=O) groups excluding carboxylic acids is 1. The molecule has 1 heterocycles. The van der Waals surface area contributed by atoms with E-state index in [9.17, 15) is 9.59 Å². The monoisotopic (exact) mass is 283 g/mol. The predicted molar refractivity (Wildman–Crippen MR) is 72.2 cm³/mol. The lowest BCUT2D eigenvalue weighted by molar-refractivity contribution is -0.141. The first-order valence-corrected chi connectivity index (χ1v) is 6.55. The molecule has 7 heteroatoms. The van der Waals surface area contributed by atoms with E-state index in [1.165, 1.54) is 4.90 Å². The molecule has 7 nitrogen and oxygen atoms in total. The second kappa shape index (κ2) is 6.93. The van der Waals surface area contributed by atoms with Crippen molar-refractivity contribution in [3.63, 3.8) is 0 Å². The molecule has 0 bridgehead atoms. The van der Waals surface area contributed by atoms with Crippen molar-refractivity contribution in [1.82, 2.24) is 15.2 Å². The smallest absolute Gasteiger partial charge is 0.318 e. The molecule has 0 fully saturated rings. The number of aromatic nitrogens is 1. The summed E-state index contributed by atoms with van der Waals surface area (Å²) in [5.41, 5.74) is 0. The summed E-state index contributed by atoms with van der Waals surface area (Å²) < 4.78 is 5.34. The number of nitrogens with one attached hydrogen (secondary N) is 1. The number of amides is 2. The average molecular weight is 283 g/mol. The minimum atomic E-state index is -0.923. The number of rotatable bonds is 6. The lowest BCUT2D eigenvalue weighted by Gasteiger charge is -2.24. The van der Waals surface area contributed by atoms with Gasteiger partial charge in [-0.05, 0) is 20.8 Å². The van der Waals surface area contributed by atoms with E-state index in [0.29, 0.717) is 18.2 Å². The number of hydrogen-bond acceptors (Lipinski definition) is 4. The van der Waals surface area contributed by atoms with Crippen LogP contribution in [0.3, 0.4) is 0 Å². The van der Waals surface area contributed by atoms with Gasteiger partial charge in [-0.3, -0.25) is 4.79 Å². The molecule has 0 aromatic carbocycles. The molecule has 112 valence electrons. The van der Waals surface area contributed by atoms with E-state index in [2.05, 4.69) is 10.3 Å². The highest BCUT2D eigenvalue weighted by molar-refractivity contribution is 5.76. The van der Waals surface area contributed by atoms with Crippen LogP contribution >= 0.6 is 0 Å². The SMILES string of the molecule is CCN(CC(C)C(=O)O)C(=O)NC(C)c1ncc(C)o1. The summed E-state index contributed by atoms with van der Waals surface area (Å²) in [4.78, 5) is 28.4. The zero-order valence-electron chi connectivity index (χ0n) is 12.2. The number of hydrogen-bond donors (Lipinski definition) is 2. The number of carboxylic acids is 1. The minimum Gasteiger partial charge on any atom is -0.481 e. The predicted octanol–water partition coefficient (Wildman–Crippen LogP) is 1.80. The third-order valence-corrected chi connectivity index (χ3v) is 2.93. The van der Waals surface area contributed by atoms with Gasteiger partial charge in [0.05, 0.1) is 12.1 Å². The highest BCUT2D eigenvalue weighted by Crippen LogP contribution is 2.12. The van der Waals surface area contributed by atoms with Crippen LogP contribution in [-0.2, 0) is 4.79 Å². The quantitative estimate of drug-likeness (QED) is 0.830. The summed E-state index contributed by atoms with van der Waals surface area (Å²) in [6.45, 7) is 7.50. The molecule has 0 aliphatic carbocycles. The van der Waals surface area contributed by atoms with Crippen LogP contribution in [0.2, 0.25) is 0 Å². The molecule has 0 aliphatic rings. The molecule has 0 radical (unpaired) electrons. The fourth-order valence-corrected chi connectivity index (χ4v) is 1.67. The Labute approximate surface area is 118 Å². The van der Waals surface area contributed by atoms with Gasteiger partial charge in [0.1, 0.15) is 11.8 Å². The van der Waals surface area contributed by atoms with Gasteiger partial charge in [0, 0.05) is 13.1 Å². The Balaban J connectivity index is 2.61. The van der Waals surface area contributed by atoms with Gasteiger partial charge in [0.15, 0.2) is 0 Å². The van der Waals surface area contributed by atoms with Crippen molar-refractivity contribution in [2.24, 2.45) is 5.92 Å². The molecule has 2 amide bonds. The standard InChI is InChI=1S/C13H21N3O4/c1-5-16(7-8(2)12(17)18)13(19)15-10(4)11-14-6-9(3)20-11/h6,8,10H,5,7H2,1-4H3,(H,15,19)(H,17,18). The van der Waals surface area contributed by atoms with Gasteiger partial charge in [-0.2, -0.15) is 0 Å². The Bertz CT molecular complexity index is 472. The third-order valence-electron chi connectivity index (χ3n) is 2.93. The largest absolute Gasteiger partial charge is 0.481 e. The fraction of sp³-hybridized carbons (Fsp3) is 0.615. The Morgan fingerprint density at radius 1 is 1.50 bits per heavy atom. The van der Waals surface area contributed by atoms with E-state index in [4.69, 9.17) is 9.52 Å². The van der Waals surface area contributed by atoms with Crippen LogP contribution < -0.4 is 5.32 Å². The van der Waals surface area contributed by atoms with E-state index >= 15 is 0 Å². The second-order valence-electron chi connectivity index (χ2n) is 4.76. The summed E-state index contributed by atoms with van der Waals surface area (Å²) in [7, 11) is 0. The number of carboxylic acid groups (broad SMARTS) is 1. The summed E-state index contributed by atoms with van der Waals surface area (Å²) in [5.74, 6) is -0.432. The highest BCUT2D eigenvalue weighted by Gasteiger charge is 2.22. The van der Waals surface area contributed by atoms with Gasteiger partial charge in [-0.25, -0.2) is 9.78 Å². The summed E-state index contributed by atoms with van der Waals surface area (Å²) >= 11 is 0. The molecule has 0 saturated carbocycles. The molecule has 2 unspecified atom stereocenters. The van der Waals surface area contributed by atoms with Crippen molar-refractivity contribution in [2.45, 2.75) is 33.7 Å². The summed E-state index contributed by atoms with van der Waals surface area (Å²) in [6.07, 6.45) is 1.59. The highest BCUT2D eigenvalue weighted by atomic mass is 16.4. The van der Waals surface area contributed by atoms with Crippen molar-refractivity contribution in [3.8, 4) is 0 Å². The van der Waals surface area contributed by atoms with Gasteiger partial charge in [-0.1, -0.05) is 6.92 Å². The van der Waals surface area contributed by atoms with E-state index in [1.807, 2.05) is 0 Å². The van der Waals surface area contributed by atoms with Gasteiger partial charge < -0.3 is 19.7 Å². The summed E-state index contributed by atoms with van der Waals surface area (Å²) in [5, 5.41) is 11.6. The van der Waals surface area contributed by atoms with E-state index < -0.39 is 11.9 Å². The van der Waals surface area contributed by atoms with Crippen LogP contribution in [0.15, 0.2) is 10.6 Å². The van der Waals surface area contributed by atoms with Crippen molar-refractivity contribution in [3.05, 3.63) is 17.8 Å². The number of oxazole rings is 1. The lowest BCUT2D eigenvalue weighted by Crippen LogP contribution is -2.44. The van der Waals surface area contributed by atoms with Crippen LogP contribution in [0.5, 0.6) is 0 Å². The Kier molecular flexibility index (Phi) is 5.54. The maximum Gasteiger partial charge on any atom is 0.318 e. The second-order valence-corrected chi connectivity index (χ2v) is 4.76. The number of urea groups is 1. The first-order valence-electron chi connectivity index (χ1n) is 6.55. The molecule has 0 aliphatic heterocycles. The number of aliphatic carboxylic acids is 1. The molecule has 1 aromatic rings. The van der Waals surface area contributed by atoms with E-state index in [1.54, 1.807) is 33.9 Å². The Morgan fingerprint density at radius 3 is 2.60 bits per heavy atom. The molecule has 1 rings (SSSR count). The van der Waals surface area contributed by atoms with Crippen molar-refractivity contribution < 1.29 is 19.1 Å². The van der Waals surface area contributed by atoms with Gasteiger partial charge >= 0.3 is 12.0 Å². The summed E-state index contributed by atoms with van der Waals surface area (Å²) in [6, 6.07) is -0.700. The van der Waals surface area contributed by atoms with E-state index in [0.717, 1.165) is 0 Å². The lowest BCUT2D eigenvalue weighted by atomic mass is 10.2. The van der Waals surface area contributed by atoms with E-state index in [-0.39, 0.29) is 18.6 Å². The van der Waals surface area contributed by atoms with Gasteiger partial charge in [-0.15, -0.1) is 0 Å². The molecule has 2 atom stereocenters. The Hall–Kier alpha value is -2.05. The maximum absolute atomic E-state index is 12.1. The van der Waals surface area contributed by atoms with Crippen molar-refractivity contribution in [2.75, 3.05) is 13.1 Å². The third kappa shape index (κ3) is 4.25. The molecule has 0 spiro atoms. The maximum atomic E-state index is 12.1. The van der Waals surface area contributed by atoms with Gasteiger partial charge in [0.25, 0.3) is 0 Å². The Morgan fingerprint density at radius 2 is 2.15 bits per heavy atom. The van der Waals surface area contributed by atoms with Crippen LogP contribution in [0.25, 0.3) is 0 Å². The van der Waals surface area contributed by atoms with Crippen LogP contribution in [0, 0.1) is 12.8 Å². The molecule has 2 N–H and O–H groups in total. The molecular formula is C13H21N3O4. The fourth-order valence-electron chi connectivity index (χ4n) is 1.67. The minimum absolute atomic E-state index is 0.162. The van der Waals surface area contributed by atoms with Crippen LogP contribution in [-0.4, -0.2) is 40.1 Å². The molecule has 20 heavy (non-hydrogen) atoms. The zero-order chi connectivity index (χ0) is 15.3. The van der Waals surface area contributed by atoms with Crippen molar-refractivity contribution >= 4 is 12.0 Å². The zero-order valence-corrected chi connectivity index (χ0v) is 12.2. The molecule has 1 aromatic heterocycles. The number of nitrogens with zero attached hydrogens (tertiary/aromatic N) is 2. The van der Waals surface area contributed by atoms with Crippen LogP contribution in [0.4, 0.5) is 4.79 Å². The number of aryl methyl sites for hydroxylation is 1. The van der Waals surface area contributed by atoms with Crippen LogP contribution in [0.1, 0.15) is 38.5 Å². The number of carbonyl (C=O) groups is 2.